The van der Waals surface area contributed by atoms with Crippen LogP contribution in [0, 0.1) is 0 Å². The van der Waals surface area contributed by atoms with Crippen LogP contribution in [0.1, 0.15) is 18.4 Å². The van der Waals surface area contributed by atoms with Gasteiger partial charge in [0, 0.05) is 43.4 Å². The Morgan fingerprint density at radius 3 is 2.63 bits per heavy atom. The molecule has 0 aliphatic carbocycles. The quantitative estimate of drug-likeness (QED) is 0.906. The molecule has 0 spiro atoms. The van der Waals surface area contributed by atoms with E-state index in [4.69, 9.17) is 0 Å². The number of nitrogens with zero attached hydrogens (tertiary/aromatic N) is 2. The summed E-state index contributed by atoms with van der Waals surface area (Å²) < 4.78 is 0. The van der Waals surface area contributed by atoms with Gasteiger partial charge >= 0.3 is 0 Å². The first kappa shape index (κ1) is 12.0. The zero-order valence-corrected chi connectivity index (χ0v) is 11.0. The van der Waals surface area contributed by atoms with E-state index in [2.05, 4.69) is 39.5 Å². The summed E-state index contributed by atoms with van der Waals surface area (Å²) in [6, 6.07) is 12.8. The fourth-order valence-corrected chi connectivity index (χ4v) is 2.49. The van der Waals surface area contributed by atoms with Crippen molar-refractivity contribution in [1.29, 1.82) is 0 Å². The summed E-state index contributed by atoms with van der Waals surface area (Å²) in [5.41, 5.74) is 3.76. The summed E-state index contributed by atoms with van der Waals surface area (Å²) in [5, 5.41) is 3.47. The van der Waals surface area contributed by atoms with E-state index in [-0.39, 0.29) is 0 Å². The number of nitrogens with one attached hydrogen (secondary N) is 1. The minimum absolute atomic E-state index is 0.839. The van der Waals surface area contributed by atoms with Crippen LogP contribution in [0.15, 0.2) is 48.8 Å². The number of benzene rings is 1. The first-order chi connectivity index (χ1) is 9.42. The van der Waals surface area contributed by atoms with E-state index >= 15 is 0 Å². The van der Waals surface area contributed by atoms with E-state index in [0.29, 0.717) is 0 Å². The average molecular weight is 253 g/mol. The van der Waals surface area contributed by atoms with E-state index in [9.17, 15) is 0 Å². The number of aromatic nitrogens is 1. The Kier molecular flexibility index (Phi) is 3.63. The molecule has 19 heavy (non-hydrogen) atoms. The van der Waals surface area contributed by atoms with Gasteiger partial charge in [0.1, 0.15) is 0 Å². The molecule has 0 amide bonds. The number of anilines is 2. The Labute approximate surface area is 114 Å². The Balaban J connectivity index is 1.66. The summed E-state index contributed by atoms with van der Waals surface area (Å²) in [6.45, 7) is 3.22. The van der Waals surface area contributed by atoms with E-state index in [1.165, 1.54) is 42.9 Å². The minimum atomic E-state index is 0.839. The van der Waals surface area contributed by atoms with Gasteiger partial charge in [-0.25, -0.2) is 0 Å². The van der Waals surface area contributed by atoms with Gasteiger partial charge < -0.3 is 10.2 Å². The van der Waals surface area contributed by atoms with Gasteiger partial charge in [-0.15, -0.1) is 0 Å². The summed E-state index contributed by atoms with van der Waals surface area (Å²) in [4.78, 5) is 6.49. The van der Waals surface area contributed by atoms with E-state index in [1.54, 1.807) is 0 Å². The van der Waals surface area contributed by atoms with Crippen molar-refractivity contribution in [3.63, 3.8) is 0 Å². The van der Waals surface area contributed by atoms with Crippen molar-refractivity contribution in [3.05, 3.63) is 54.4 Å². The summed E-state index contributed by atoms with van der Waals surface area (Å²) in [7, 11) is 0. The van der Waals surface area contributed by atoms with E-state index in [0.717, 1.165) is 6.54 Å². The number of pyridine rings is 1. The molecule has 1 aliphatic heterocycles. The van der Waals surface area contributed by atoms with Gasteiger partial charge in [-0.05, 0) is 48.7 Å². The molecule has 98 valence electrons. The van der Waals surface area contributed by atoms with Gasteiger partial charge in [0.05, 0.1) is 0 Å². The van der Waals surface area contributed by atoms with Gasteiger partial charge in [-0.3, -0.25) is 4.98 Å². The van der Waals surface area contributed by atoms with Crippen molar-refractivity contribution in [2.24, 2.45) is 0 Å². The Morgan fingerprint density at radius 2 is 1.84 bits per heavy atom. The molecule has 0 bridgehead atoms. The zero-order chi connectivity index (χ0) is 12.9. The third kappa shape index (κ3) is 3.05. The van der Waals surface area contributed by atoms with Crippen molar-refractivity contribution in [2.75, 3.05) is 23.3 Å². The van der Waals surface area contributed by atoms with Crippen LogP contribution in [0.2, 0.25) is 0 Å². The average Bonchev–Trinajstić information content (AvgIpc) is 3.01. The van der Waals surface area contributed by atoms with Crippen LogP contribution in [0.4, 0.5) is 11.4 Å². The smallest absolute Gasteiger partial charge is 0.0401 e. The molecule has 0 atom stereocenters. The van der Waals surface area contributed by atoms with Crippen LogP contribution in [0.25, 0.3) is 0 Å². The molecule has 1 saturated heterocycles. The normalized spacial score (nSPS) is 14.6. The highest BCUT2D eigenvalue weighted by molar-refractivity contribution is 5.58. The SMILES string of the molecule is c1cc(NCc2ccncc2)cc(N2CCCC2)c1. The second kappa shape index (κ2) is 5.74. The Hall–Kier alpha value is -2.03. The maximum Gasteiger partial charge on any atom is 0.0401 e. The minimum Gasteiger partial charge on any atom is -0.381 e. The lowest BCUT2D eigenvalue weighted by Gasteiger charge is -2.18. The summed E-state index contributed by atoms with van der Waals surface area (Å²) >= 11 is 0. The van der Waals surface area contributed by atoms with Crippen LogP contribution >= 0.6 is 0 Å². The highest BCUT2D eigenvalue weighted by Crippen LogP contribution is 2.23. The molecule has 1 aromatic carbocycles. The van der Waals surface area contributed by atoms with Crippen molar-refractivity contribution in [1.82, 2.24) is 4.98 Å². The van der Waals surface area contributed by atoms with Crippen LogP contribution in [-0.2, 0) is 6.54 Å². The molecule has 0 radical (unpaired) electrons. The standard InChI is InChI=1S/C16H19N3/c1-2-11-19(10-1)16-5-3-4-15(12-16)18-13-14-6-8-17-9-7-14/h3-9,12,18H,1-2,10-11,13H2. The molecule has 0 unspecified atom stereocenters. The lowest BCUT2D eigenvalue weighted by molar-refractivity contribution is 0.949. The topological polar surface area (TPSA) is 28.2 Å². The first-order valence-electron chi connectivity index (χ1n) is 6.89. The van der Waals surface area contributed by atoms with Gasteiger partial charge in [-0.2, -0.15) is 0 Å². The van der Waals surface area contributed by atoms with Gasteiger partial charge in [0.15, 0.2) is 0 Å². The lowest BCUT2D eigenvalue weighted by atomic mass is 10.2. The highest BCUT2D eigenvalue weighted by Gasteiger charge is 2.12. The molecule has 2 aromatic rings. The second-order valence-electron chi connectivity index (χ2n) is 4.95. The summed E-state index contributed by atoms with van der Waals surface area (Å²) in [6.07, 6.45) is 6.29. The first-order valence-corrected chi connectivity index (χ1v) is 6.89. The van der Waals surface area contributed by atoms with Crippen LogP contribution in [0.5, 0.6) is 0 Å². The van der Waals surface area contributed by atoms with E-state index in [1.807, 2.05) is 24.5 Å². The van der Waals surface area contributed by atoms with Crippen LogP contribution in [-0.4, -0.2) is 18.1 Å². The van der Waals surface area contributed by atoms with Crippen molar-refractivity contribution < 1.29 is 0 Å². The number of hydrogen-bond donors (Lipinski definition) is 1. The molecule has 3 rings (SSSR count). The van der Waals surface area contributed by atoms with E-state index < -0.39 is 0 Å². The van der Waals surface area contributed by atoms with Crippen LogP contribution in [0.3, 0.4) is 0 Å². The van der Waals surface area contributed by atoms with Gasteiger partial charge in [-0.1, -0.05) is 6.07 Å². The Bertz CT molecular complexity index is 519. The largest absolute Gasteiger partial charge is 0.381 e. The molecular weight excluding hydrogens is 234 g/mol. The third-order valence-electron chi connectivity index (χ3n) is 3.56. The molecule has 0 saturated carbocycles. The van der Waals surface area contributed by atoms with Crippen LogP contribution < -0.4 is 10.2 Å². The van der Waals surface area contributed by atoms with Crippen molar-refractivity contribution in [3.8, 4) is 0 Å². The molecule has 1 N–H and O–H groups in total. The number of hydrogen-bond acceptors (Lipinski definition) is 3. The maximum atomic E-state index is 4.03. The Morgan fingerprint density at radius 1 is 1.05 bits per heavy atom. The highest BCUT2D eigenvalue weighted by atomic mass is 15.1. The second-order valence-corrected chi connectivity index (χ2v) is 4.95. The third-order valence-corrected chi connectivity index (χ3v) is 3.56. The lowest BCUT2D eigenvalue weighted by Crippen LogP contribution is -2.17. The predicted octanol–water partition coefficient (Wildman–Crippen LogP) is 3.29. The maximum absolute atomic E-state index is 4.03. The van der Waals surface area contributed by atoms with Gasteiger partial charge in [0.25, 0.3) is 0 Å². The molecule has 1 aliphatic rings. The van der Waals surface area contributed by atoms with Crippen molar-refractivity contribution in [2.45, 2.75) is 19.4 Å². The molecule has 3 nitrogen and oxygen atoms in total. The van der Waals surface area contributed by atoms with Crippen molar-refractivity contribution >= 4 is 11.4 Å². The number of rotatable bonds is 4. The van der Waals surface area contributed by atoms with Gasteiger partial charge in [0.2, 0.25) is 0 Å². The summed E-state index contributed by atoms with van der Waals surface area (Å²) in [5.74, 6) is 0. The molecule has 2 heterocycles. The molecule has 1 aromatic heterocycles. The predicted molar refractivity (Wildman–Crippen MR) is 79.5 cm³/mol. The molecule has 1 fully saturated rings. The zero-order valence-electron chi connectivity index (χ0n) is 11.0. The fourth-order valence-electron chi connectivity index (χ4n) is 2.49. The molecular formula is C16H19N3. The monoisotopic (exact) mass is 253 g/mol. The molecule has 3 heteroatoms. The fraction of sp³-hybridized carbons (Fsp3) is 0.312.